The SMILES string of the molecule is O=C(CCc1cccs1)Nc1ccc(N2CCCC2)cn1. The number of carbonyl (C=O) groups is 1. The monoisotopic (exact) mass is 301 g/mol. The highest BCUT2D eigenvalue weighted by molar-refractivity contribution is 7.09. The first-order chi connectivity index (χ1) is 10.3. The Morgan fingerprint density at radius 3 is 2.81 bits per heavy atom. The van der Waals surface area contributed by atoms with E-state index in [0.717, 1.165) is 25.2 Å². The van der Waals surface area contributed by atoms with E-state index in [9.17, 15) is 4.79 Å². The molecule has 2 aromatic rings. The average Bonchev–Trinajstić information content (AvgIpc) is 3.19. The van der Waals surface area contributed by atoms with Crippen molar-refractivity contribution in [1.82, 2.24) is 4.98 Å². The third-order valence-corrected chi connectivity index (χ3v) is 4.60. The second-order valence-corrected chi connectivity index (χ2v) is 6.26. The highest BCUT2D eigenvalue weighted by Crippen LogP contribution is 2.20. The summed E-state index contributed by atoms with van der Waals surface area (Å²) in [5.41, 5.74) is 1.14. The highest BCUT2D eigenvalue weighted by atomic mass is 32.1. The number of aromatic nitrogens is 1. The molecule has 1 N–H and O–H groups in total. The quantitative estimate of drug-likeness (QED) is 0.921. The zero-order chi connectivity index (χ0) is 14.5. The first-order valence-corrected chi connectivity index (χ1v) is 8.22. The van der Waals surface area contributed by atoms with E-state index in [0.29, 0.717) is 12.2 Å². The molecule has 2 aromatic heterocycles. The normalized spacial score (nSPS) is 14.4. The molecule has 0 aromatic carbocycles. The lowest BCUT2D eigenvalue weighted by Crippen LogP contribution is -2.18. The van der Waals surface area contributed by atoms with Gasteiger partial charge in [-0.3, -0.25) is 4.79 Å². The molecule has 21 heavy (non-hydrogen) atoms. The molecular formula is C16H19N3OS. The minimum atomic E-state index is 0.0184. The molecule has 1 amide bonds. The number of nitrogens with zero attached hydrogens (tertiary/aromatic N) is 2. The molecule has 1 aliphatic heterocycles. The number of nitrogens with one attached hydrogen (secondary N) is 1. The van der Waals surface area contributed by atoms with Crippen molar-refractivity contribution in [3.05, 3.63) is 40.7 Å². The minimum Gasteiger partial charge on any atom is -0.370 e. The summed E-state index contributed by atoms with van der Waals surface area (Å²) in [4.78, 5) is 19.8. The van der Waals surface area contributed by atoms with Gasteiger partial charge in [-0.2, -0.15) is 0 Å². The maximum Gasteiger partial charge on any atom is 0.225 e. The lowest BCUT2D eigenvalue weighted by Gasteiger charge is -2.17. The van der Waals surface area contributed by atoms with Crippen LogP contribution in [0.4, 0.5) is 11.5 Å². The fourth-order valence-electron chi connectivity index (χ4n) is 2.52. The van der Waals surface area contributed by atoms with Gasteiger partial charge in [0.2, 0.25) is 5.91 Å². The summed E-state index contributed by atoms with van der Waals surface area (Å²) in [7, 11) is 0. The predicted octanol–water partition coefficient (Wildman–Crippen LogP) is 3.31. The number of hydrogen-bond acceptors (Lipinski definition) is 4. The average molecular weight is 301 g/mol. The Balaban J connectivity index is 1.51. The first kappa shape index (κ1) is 14.1. The van der Waals surface area contributed by atoms with Crippen LogP contribution in [0.2, 0.25) is 0 Å². The molecule has 1 saturated heterocycles. The van der Waals surface area contributed by atoms with Crippen LogP contribution in [0.1, 0.15) is 24.1 Å². The highest BCUT2D eigenvalue weighted by Gasteiger charge is 2.12. The third-order valence-electron chi connectivity index (χ3n) is 3.67. The number of hydrogen-bond donors (Lipinski definition) is 1. The molecule has 1 aliphatic rings. The fraction of sp³-hybridized carbons (Fsp3) is 0.375. The summed E-state index contributed by atoms with van der Waals surface area (Å²) < 4.78 is 0. The Morgan fingerprint density at radius 2 is 2.14 bits per heavy atom. The smallest absolute Gasteiger partial charge is 0.225 e. The van der Waals surface area contributed by atoms with E-state index in [1.165, 1.54) is 17.7 Å². The van der Waals surface area contributed by atoms with Crippen molar-refractivity contribution in [2.75, 3.05) is 23.3 Å². The van der Waals surface area contributed by atoms with Crippen LogP contribution in [0.5, 0.6) is 0 Å². The molecule has 0 atom stereocenters. The third kappa shape index (κ3) is 3.82. The van der Waals surface area contributed by atoms with Gasteiger partial charge in [0.15, 0.2) is 0 Å². The summed E-state index contributed by atoms with van der Waals surface area (Å²) in [6.07, 6.45) is 5.63. The molecule has 0 saturated carbocycles. The molecule has 0 spiro atoms. The number of thiophene rings is 1. The van der Waals surface area contributed by atoms with E-state index < -0.39 is 0 Å². The Labute approximate surface area is 128 Å². The lowest BCUT2D eigenvalue weighted by molar-refractivity contribution is -0.116. The van der Waals surface area contributed by atoms with Crippen molar-refractivity contribution in [2.45, 2.75) is 25.7 Å². The van der Waals surface area contributed by atoms with E-state index in [1.54, 1.807) is 11.3 Å². The van der Waals surface area contributed by atoms with Crippen LogP contribution in [0, 0.1) is 0 Å². The van der Waals surface area contributed by atoms with Crippen molar-refractivity contribution in [3.8, 4) is 0 Å². The lowest BCUT2D eigenvalue weighted by atomic mass is 10.2. The Kier molecular flexibility index (Phi) is 4.50. The summed E-state index contributed by atoms with van der Waals surface area (Å²) in [6, 6.07) is 7.99. The number of aryl methyl sites for hydroxylation is 1. The number of pyridine rings is 1. The molecule has 1 fully saturated rings. The summed E-state index contributed by atoms with van der Waals surface area (Å²) in [5.74, 6) is 0.652. The Bertz CT molecular complexity index is 574. The van der Waals surface area contributed by atoms with Gasteiger partial charge in [-0.1, -0.05) is 6.07 Å². The molecule has 110 valence electrons. The van der Waals surface area contributed by atoms with Crippen molar-refractivity contribution in [2.24, 2.45) is 0 Å². The number of rotatable bonds is 5. The number of anilines is 2. The summed E-state index contributed by atoms with van der Waals surface area (Å²) >= 11 is 1.69. The van der Waals surface area contributed by atoms with Gasteiger partial charge in [0.05, 0.1) is 11.9 Å². The molecule has 4 nitrogen and oxygen atoms in total. The van der Waals surface area contributed by atoms with E-state index in [4.69, 9.17) is 0 Å². The van der Waals surface area contributed by atoms with Crippen LogP contribution in [-0.4, -0.2) is 24.0 Å². The second-order valence-electron chi connectivity index (χ2n) is 5.22. The summed E-state index contributed by atoms with van der Waals surface area (Å²) in [5, 5.41) is 4.89. The molecule has 0 aliphatic carbocycles. The van der Waals surface area contributed by atoms with Crippen LogP contribution >= 0.6 is 11.3 Å². The van der Waals surface area contributed by atoms with Gasteiger partial charge in [0.25, 0.3) is 0 Å². The van der Waals surface area contributed by atoms with Gasteiger partial charge < -0.3 is 10.2 Å². The predicted molar refractivity (Wildman–Crippen MR) is 87.0 cm³/mol. The van der Waals surface area contributed by atoms with Gasteiger partial charge in [0.1, 0.15) is 5.82 Å². The number of amides is 1. The van der Waals surface area contributed by atoms with Crippen LogP contribution in [0.3, 0.4) is 0 Å². The Hall–Kier alpha value is -1.88. The molecular weight excluding hydrogens is 282 g/mol. The van der Waals surface area contributed by atoms with Gasteiger partial charge in [-0.15, -0.1) is 11.3 Å². The first-order valence-electron chi connectivity index (χ1n) is 7.34. The molecule has 0 bridgehead atoms. The van der Waals surface area contributed by atoms with E-state index in [1.807, 2.05) is 29.8 Å². The largest absolute Gasteiger partial charge is 0.370 e. The van der Waals surface area contributed by atoms with Crippen molar-refractivity contribution >= 4 is 28.7 Å². The maximum absolute atomic E-state index is 11.9. The summed E-state index contributed by atoms with van der Waals surface area (Å²) in [6.45, 7) is 2.21. The van der Waals surface area contributed by atoms with Gasteiger partial charge in [-0.05, 0) is 42.8 Å². The topological polar surface area (TPSA) is 45.2 Å². The standard InChI is InChI=1S/C16H19N3OS/c20-16(8-6-14-4-3-11-21-14)18-15-7-5-13(12-17-15)19-9-1-2-10-19/h3-5,7,11-12H,1-2,6,8-10H2,(H,17,18,20). The molecule has 3 rings (SSSR count). The van der Waals surface area contributed by atoms with Crippen LogP contribution in [-0.2, 0) is 11.2 Å². The van der Waals surface area contributed by atoms with E-state index in [-0.39, 0.29) is 5.91 Å². The van der Waals surface area contributed by atoms with E-state index in [2.05, 4.69) is 21.3 Å². The maximum atomic E-state index is 11.9. The molecule has 5 heteroatoms. The zero-order valence-corrected chi connectivity index (χ0v) is 12.7. The van der Waals surface area contributed by atoms with Gasteiger partial charge in [0, 0.05) is 24.4 Å². The van der Waals surface area contributed by atoms with Crippen molar-refractivity contribution < 1.29 is 4.79 Å². The van der Waals surface area contributed by atoms with Crippen molar-refractivity contribution in [1.29, 1.82) is 0 Å². The fourth-order valence-corrected chi connectivity index (χ4v) is 3.23. The molecule has 3 heterocycles. The molecule has 0 radical (unpaired) electrons. The molecule has 0 unspecified atom stereocenters. The van der Waals surface area contributed by atoms with Crippen LogP contribution in [0.25, 0.3) is 0 Å². The zero-order valence-electron chi connectivity index (χ0n) is 11.9. The number of carbonyl (C=O) groups excluding carboxylic acids is 1. The minimum absolute atomic E-state index is 0.0184. The van der Waals surface area contributed by atoms with Gasteiger partial charge >= 0.3 is 0 Å². The second kappa shape index (κ2) is 6.72. The Morgan fingerprint density at radius 1 is 1.29 bits per heavy atom. The van der Waals surface area contributed by atoms with E-state index >= 15 is 0 Å². The van der Waals surface area contributed by atoms with Crippen molar-refractivity contribution in [3.63, 3.8) is 0 Å². The van der Waals surface area contributed by atoms with Crippen LogP contribution in [0.15, 0.2) is 35.8 Å². The van der Waals surface area contributed by atoms with Gasteiger partial charge in [-0.25, -0.2) is 4.98 Å². The van der Waals surface area contributed by atoms with Crippen LogP contribution < -0.4 is 10.2 Å².